The van der Waals surface area contributed by atoms with Crippen LogP contribution in [0.2, 0.25) is 0 Å². The lowest BCUT2D eigenvalue weighted by Crippen LogP contribution is -2.59. The Morgan fingerprint density at radius 1 is 0.941 bits per heavy atom. The lowest BCUT2D eigenvalue weighted by atomic mass is 9.96. The molecule has 196 valence electrons. The minimum atomic E-state index is -1.42. The Balaban J connectivity index is 5.23. The summed E-state index contributed by atoms with van der Waals surface area (Å²) >= 11 is 0. The third-order valence-corrected chi connectivity index (χ3v) is 5.23. The largest absolute Gasteiger partial charge is 0.480 e. The van der Waals surface area contributed by atoms with E-state index in [0.717, 1.165) is 0 Å². The Morgan fingerprint density at radius 2 is 1.53 bits per heavy atom. The topological polar surface area (TPSA) is 235 Å². The van der Waals surface area contributed by atoms with Gasteiger partial charge >= 0.3 is 5.97 Å². The first-order chi connectivity index (χ1) is 15.8. The molecule has 11 N–H and O–H groups in total. The lowest BCUT2D eigenvalue weighted by Gasteiger charge is -2.27. The summed E-state index contributed by atoms with van der Waals surface area (Å²) in [5.74, 6) is -3.59. The van der Waals surface area contributed by atoms with Gasteiger partial charge in [0.15, 0.2) is 5.96 Å². The van der Waals surface area contributed by atoms with Crippen molar-refractivity contribution in [3.8, 4) is 0 Å². The number of amides is 3. The monoisotopic (exact) mass is 487 g/mol. The molecule has 5 atom stereocenters. The molecule has 0 fully saturated rings. The van der Waals surface area contributed by atoms with Gasteiger partial charge in [-0.05, 0) is 31.1 Å². The number of guanidine groups is 1. The van der Waals surface area contributed by atoms with Gasteiger partial charge in [0.2, 0.25) is 17.7 Å². The average Bonchev–Trinajstić information content (AvgIpc) is 2.75. The van der Waals surface area contributed by atoms with Crippen molar-refractivity contribution in [2.45, 2.75) is 77.5 Å². The van der Waals surface area contributed by atoms with Crippen LogP contribution < -0.4 is 33.2 Å². The molecule has 34 heavy (non-hydrogen) atoms. The van der Waals surface area contributed by atoms with Crippen molar-refractivity contribution in [3.63, 3.8) is 0 Å². The summed E-state index contributed by atoms with van der Waals surface area (Å²) in [7, 11) is 0. The van der Waals surface area contributed by atoms with Crippen LogP contribution in [0.15, 0.2) is 4.99 Å². The van der Waals surface area contributed by atoms with E-state index in [1.165, 1.54) is 0 Å². The smallest absolute Gasteiger partial charge is 0.326 e. The highest BCUT2D eigenvalue weighted by Gasteiger charge is 2.32. The molecule has 3 amide bonds. The Hall–Kier alpha value is -2.93. The number of carbonyl (C=O) groups excluding carboxylic acids is 3. The molecule has 0 heterocycles. The van der Waals surface area contributed by atoms with Crippen LogP contribution in [-0.4, -0.2) is 77.2 Å². The number of hydrogen-bond acceptors (Lipinski definition) is 7. The number of aliphatic hydroxyl groups excluding tert-OH is 1. The summed E-state index contributed by atoms with van der Waals surface area (Å²) in [5, 5.41) is 26.3. The van der Waals surface area contributed by atoms with E-state index >= 15 is 0 Å². The molecule has 13 heteroatoms. The van der Waals surface area contributed by atoms with Gasteiger partial charge in [0, 0.05) is 6.54 Å². The number of nitrogens with one attached hydrogen (secondary N) is 3. The molecule has 0 spiro atoms. The maximum atomic E-state index is 12.9. The van der Waals surface area contributed by atoms with Crippen LogP contribution in [0.3, 0.4) is 0 Å². The van der Waals surface area contributed by atoms with E-state index in [1.54, 1.807) is 6.92 Å². The van der Waals surface area contributed by atoms with Crippen molar-refractivity contribution in [2.75, 3.05) is 13.2 Å². The van der Waals surface area contributed by atoms with Crippen LogP contribution in [0.25, 0.3) is 0 Å². The Kier molecular flexibility index (Phi) is 14.5. The maximum absolute atomic E-state index is 12.9. The highest BCUT2D eigenvalue weighted by Crippen LogP contribution is 2.10. The summed E-state index contributed by atoms with van der Waals surface area (Å²) < 4.78 is 0. The minimum Gasteiger partial charge on any atom is -0.480 e. The van der Waals surface area contributed by atoms with Crippen LogP contribution in [-0.2, 0) is 19.2 Å². The molecule has 0 aliphatic heterocycles. The van der Waals surface area contributed by atoms with E-state index in [9.17, 15) is 29.4 Å². The number of aliphatic hydroxyl groups is 1. The fraction of sp³-hybridized carbons (Fsp3) is 0.762. The molecule has 0 aromatic heterocycles. The van der Waals surface area contributed by atoms with Gasteiger partial charge in [-0.2, -0.15) is 0 Å². The first-order valence-corrected chi connectivity index (χ1v) is 11.4. The van der Waals surface area contributed by atoms with Crippen molar-refractivity contribution < 1.29 is 29.4 Å². The third-order valence-electron chi connectivity index (χ3n) is 5.23. The number of hydrogen-bond donors (Lipinski definition) is 8. The minimum absolute atomic E-state index is 0.0310. The Bertz CT molecular complexity index is 712. The van der Waals surface area contributed by atoms with Gasteiger partial charge in [0.25, 0.3) is 0 Å². The van der Waals surface area contributed by atoms with E-state index in [-0.39, 0.29) is 37.2 Å². The second kappa shape index (κ2) is 15.8. The molecule has 0 aliphatic carbocycles. The van der Waals surface area contributed by atoms with Crippen LogP contribution in [0.1, 0.15) is 53.4 Å². The van der Waals surface area contributed by atoms with Crippen LogP contribution in [0.4, 0.5) is 0 Å². The quantitative estimate of drug-likeness (QED) is 0.0681. The number of carboxylic acids is 1. The number of aliphatic imine (C=N–C) groups is 1. The number of nitrogens with zero attached hydrogens (tertiary/aromatic N) is 1. The molecule has 0 aliphatic rings. The molecule has 0 rings (SSSR count). The zero-order valence-corrected chi connectivity index (χ0v) is 20.4. The van der Waals surface area contributed by atoms with E-state index in [0.29, 0.717) is 12.8 Å². The van der Waals surface area contributed by atoms with Gasteiger partial charge in [-0.15, -0.1) is 0 Å². The number of carboxylic acid groups (broad SMARTS) is 1. The fourth-order valence-corrected chi connectivity index (χ4v) is 3.07. The fourth-order valence-electron chi connectivity index (χ4n) is 3.07. The Morgan fingerprint density at radius 3 is 2.00 bits per heavy atom. The van der Waals surface area contributed by atoms with Crippen LogP contribution in [0.5, 0.6) is 0 Å². The summed E-state index contributed by atoms with van der Waals surface area (Å²) in [6.07, 6.45) is 1.29. The van der Waals surface area contributed by atoms with Crippen molar-refractivity contribution >= 4 is 29.7 Å². The van der Waals surface area contributed by atoms with Crippen molar-refractivity contribution in [1.82, 2.24) is 16.0 Å². The van der Waals surface area contributed by atoms with E-state index < -0.39 is 54.5 Å². The Labute approximate surface area is 200 Å². The normalized spacial score (nSPS) is 15.4. The molecular weight excluding hydrogens is 446 g/mol. The van der Waals surface area contributed by atoms with E-state index in [4.69, 9.17) is 17.2 Å². The molecule has 13 nitrogen and oxygen atoms in total. The van der Waals surface area contributed by atoms with Crippen LogP contribution >= 0.6 is 0 Å². The molecule has 0 saturated carbocycles. The summed E-state index contributed by atoms with van der Waals surface area (Å²) in [5.41, 5.74) is 16.3. The summed E-state index contributed by atoms with van der Waals surface area (Å²) in [6.45, 7) is 6.83. The highest BCUT2D eigenvalue weighted by molar-refractivity contribution is 5.94. The van der Waals surface area contributed by atoms with E-state index in [1.807, 2.05) is 20.8 Å². The maximum Gasteiger partial charge on any atom is 0.326 e. The zero-order chi connectivity index (χ0) is 26.4. The molecule has 0 saturated heterocycles. The first kappa shape index (κ1) is 31.1. The first-order valence-electron chi connectivity index (χ1n) is 11.4. The van der Waals surface area contributed by atoms with Crippen molar-refractivity contribution in [2.24, 2.45) is 34.0 Å². The van der Waals surface area contributed by atoms with Gasteiger partial charge < -0.3 is 43.4 Å². The van der Waals surface area contributed by atoms with Crippen molar-refractivity contribution in [3.05, 3.63) is 0 Å². The predicted molar refractivity (Wildman–Crippen MR) is 127 cm³/mol. The third kappa shape index (κ3) is 11.8. The standard InChI is InChI=1S/C21H41N7O6/c1-5-12(4)16(28-17(30)13(22)9-11(2)3)19(32)27-15(10-29)18(31)26-14(20(33)34)7-6-8-25-21(23)24/h11-16,29H,5-10,22H2,1-4H3,(H,26,31)(H,27,32)(H,28,30)(H,33,34)(H4,23,24,25). The average molecular weight is 488 g/mol. The van der Waals surface area contributed by atoms with Gasteiger partial charge in [0.1, 0.15) is 18.1 Å². The molecule has 0 bridgehead atoms. The number of aliphatic carboxylic acids is 1. The number of carbonyl (C=O) groups is 4. The van der Waals surface area contributed by atoms with Gasteiger partial charge in [-0.25, -0.2) is 4.79 Å². The molecule has 5 unspecified atom stereocenters. The van der Waals surface area contributed by atoms with Gasteiger partial charge in [-0.1, -0.05) is 34.1 Å². The summed E-state index contributed by atoms with van der Waals surface area (Å²) in [6, 6.07) is -4.48. The second-order valence-corrected chi connectivity index (χ2v) is 8.70. The van der Waals surface area contributed by atoms with Crippen LogP contribution in [0, 0.1) is 11.8 Å². The van der Waals surface area contributed by atoms with Gasteiger partial charge in [-0.3, -0.25) is 19.4 Å². The second-order valence-electron chi connectivity index (χ2n) is 8.70. The summed E-state index contributed by atoms with van der Waals surface area (Å²) in [4.78, 5) is 53.1. The van der Waals surface area contributed by atoms with Gasteiger partial charge in [0.05, 0.1) is 12.6 Å². The highest BCUT2D eigenvalue weighted by atomic mass is 16.4. The number of rotatable bonds is 16. The molecule has 0 radical (unpaired) electrons. The zero-order valence-electron chi connectivity index (χ0n) is 20.4. The number of nitrogens with two attached hydrogens (primary N) is 3. The SMILES string of the molecule is CCC(C)C(NC(=O)C(N)CC(C)C)C(=O)NC(CO)C(=O)NC(CCCN=C(N)N)C(=O)O. The van der Waals surface area contributed by atoms with Crippen molar-refractivity contribution in [1.29, 1.82) is 0 Å². The lowest BCUT2D eigenvalue weighted by molar-refractivity contribution is -0.142. The predicted octanol–water partition coefficient (Wildman–Crippen LogP) is -2.01. The molecule has 0 aromatic carbocycles. The van der Waals surface area contributed by atoms with E-state index in [2.05, 4.69) is 20.9 Å². The molecule has 0 aromatic rings. The molecular formula is C21H41N7O6.